The molecular weight excluding hydrogens is 423 g/mol. The molecule has 0 aliphatic carbocycles. The third-order valence-corrected chi connectivity index (χ3v) is 4.73. The first-order valence-corrected chi connectivity index (χ1v) is 9.50. The number of aryl methyl sites for hydroxylation is 1. The van der Waals surface area contributed by atoms with Gasteiger partial charge in [-0.1, -0.05) is 12.1 Å². The van der Waals surface area contributed by atoms with Crippen LogP contribution in [0.5, 0.6) is 0 Å². The number of nitrogens with zero attached hydrogens (tertiary/aromatic N) is 3. The van der Waals surface area contributed by atoms with Gasteiger partial charge in [0, 0.05) is 17.8 Å². The molecule has 2 aromatic carbocycles. The summed E-state index contributed by atoms with van der Waals surface area (Å²) in [6.07, 6.45) is 1.37. The highest BCUT2D eigenvalue weighted by atomic mass is 19.1. The van der Waals surface area contributed by atoms with Crippen molar-refractivity contribution in [2.75, 3.05) is 4.90 Å². The van der Waals surface area contributed by atoms with Gasteiger partial charge in [-0.25, -0.2) is 17.9 Å². The molecule has 0 fully saturated rings. The molecule has 1 amide bonds. The number of anilines is 1. The van der Waals surface area contributed by atoms with E-state index in [1.165, 1.54) is 31.4 Å². The monoisotopic (exact) mass is 439 g/mol. The van der Waals surface area contributed by atoms with Crippen LogP contribution >= 0.6 is 0 Å². The Morgan fingerprint density at radius 3 is 2.50 bits per heavy atom. The van der Waals surface area contributed by atoms with Crippen LogP contribution in [0.1, 0.15) is 21.9 Å². The lowest BCUT2D eigenvalue weighted by atomic mass is 10.2. The zero-order valence-electron chi connectivity index (χ0n) is 16.8. The summed E-state index contributed by atoms with van der Waals surface area (Å²) in [7, 11) is 0. The Balaban J connectivity index is 1.84. The molecular formula is C23H16F3N3O3. The van der Waals surface area contributed by atoms with Crippen LogP contribution in [0.3, 0.4) is 0 Å². The molecule has 0 saturated heterocycles. The summed E-state index contributed by atoms with van der Waals surface area (Å²) < 4.78 is 48.7. The van der Waals surface area contributed by atoms with Gasteiger partial charge in [0.05, 0.1) is 18.5 Å². The lowest BCUT2D eigenvalue weighted by Gasteiger charge is -2.22. The average molecular weight is 439 g/mol. The van der Waals surface area contributed by atoms with Gasteiger partial charge >= 0.3 is 0 Å². The van der Waals surface area contributed by atoms with Crippen molar-refractivity contribution in [1.29, 1.82) is 0 Å². The Morgan fingerprint density at radius 1 is 1.03 bits per heavy atom. The third kappa shape index (κ3) is 4.04. The zero-order chi connectivity index (χ0) is 22.8. The number of amides is 1. The zero-order valence-corrected chi connectivity index (χ0v) is 16.8. The van der Waals surface area contributed by atoms with Crippen molar-refractivity contribution in [3.05, 3.63) is 112 Å². The van der Waals surface area contributed by atoms with Crippen LogP contribution in [-0.2, 0) is 6.54 Å². The molecule has 0 bridgehead atoms. The molecule has 2 heterocycles. The molecule has 0 spiro atoms. The van der Waals surface area contributed by atoms with Gasteiger partial charge in [0.15, 0.2) is 5.69 Å². The second-order valence-electron chi connectivity index (χ2n) is 6.93. The minimum Gasteiger partial charge on any atom is -0.467 e. The molecule has 0 atom stereocenters. The molecule has 0 aliphatic heterocycles. The highest BCUT2D eigenvalue weighted by Crippen LogP contribution is 2.24. The van der Waals surface area contributed by atoms with E-state index in [1.54, 1.807) is 18.2 Å². The molecule has 0 radical (unpaired) electrons. The van der Waals surface area contributed by atoms with E-state index in [0.29, 0.717) is 17.5 Å². The minimum absolute atomic E-state index is 0.0320. The topological polar surface area (TPSA) is 68.3 Å². The molecule has 32 heavy (non-hydrogen) atoms. The fraction of sp³-hybridized carbons (Fsp3) is 0.0870. The fourth-order valence-electron chi connectivity index (χ4n) is 3.22. The van der Waals surface area contributed by atoms with E-state index in [9.17, 15) is 22.8 Å². The highest BCUT2D eigenvalue weighted by Gasteiger charge is 2.27. The summed E-state index contributed by atoms with van der Waals surface area (Å²) in [5.41, 5.74) is -1.24. The van der Waals surface area contributed by atoms with Crippen LogP contribution in [-0.4, -0.2) is 15.7 Å². The average Bonchev–Trinajstić information content (AvgIpc) is 3.26. The second kappa shape index (κ2) is 8.54. The molecule has 162 valence electrons. The van der Waals surface area contributed by atoms with Crippen LogP contribution < -0.4 is 10.3 Å². The quantitative estimate of drug-likeness (QED) is 0.462. The number of halogens is 3. The molecule has 6 nitrogen and oxygen atoms in total. The van der Waals surface area contributed by atoms with Crippen LogP contribution in [0, 0.1) is 24.4 Å². The summed E-state index contributed by atoms with van der Waals surface area (Å²) in [5.74, 6) is -3.11. The molecule has 0 saturated carbocycles. The SMILES string of the molecule is Cc1cc(=O)c(C(=O)N(Cc2ccco2)c2ccc(F)cc2F)nn1-c1ccccc1F. The van der Waals surface area contributed by atoms with Crippen molar-refractivity contribution in [3.8, 4) is 5.69 Å². The van der Waals surface area contributed by atoms with Gasteiger partial charge in [-0.3, -0.25) is 14.5 Å². The smallest absolute Gasteiger partial charge is 0.283 e. The second-order valence-corrected chi connectivity index (χ2v) is 6.93. The maximum absolute atomic E-state index is 14.5. The molecule has 2 aromatic heterocycles. The summed E-state index contributed by atoms with van der Waals surface area (Å²) in [5, 5.41) is 4.07. The number of aromatic nitrogens is 2. The predicted octanol–water partition coefficient (Wildman–Crippen LogP) is 4.40. The minimum atomic E-state index is -1.01. The van der Waals surface area contributed by atoms with E-state index in [2.05, 4.69) is 5.10 Å². The molecule has 0 aliphatic rings. The van der Waals surface area contributed by atoms with Crippen molar-refractivity contribution in [1.82, 2.24) is 9.78 Å². The number of hydrogen-bond acceptors (Lipinski definition) is 4. The summed E-state index contributed by atoms with van der Waals surface area (Å²) in [6.45, 7) is 1.29. The first-order valence-electron chi connectivity index (χ1n) is 9.50. The van der Waals surface area contributed by atoms with Crippen LogP contribution in [0.4, 0.5) is 18.9 Å². The lowest BCUT2D eigenvalue weighted by molar-refractivity contribution is 0.0974. The fourth-order valence-corrected chi connectivity index (χ4v) is 3.22. The summed E-state index contributed by atoms with van der Waals surface area (Å²) >= 11 is 0. The molecule has 4 rings (SSSR count). The van der Waals surface area contributed by atoms with Gasteiger partial charge in [0.1, 0.15) is 28.9 Å². The van der Waals surface area contributed by atoms with Gasteiger partial charge in [0.25, 0.3) is 5.91 Å². The van der Waals surface area contributed by atoms with Crippen LogP contribution in [0.15, 0.2) is 76.1 Å². The number of hydrogen-bond donors (Lipinski definition) is 0. The number of furan rings is 1. The van der Waals surface area contributed by atoms with Crippen molar-refractivity contribution in [3.63, 3.8) is 0 Å². The van der Waals surface area contributed by atoms with E-state index in [1.807, 2.05) is 0 Å². The number of para-hydroxylation sites is 1. The van der Waals surface area contributed by atoms with Gasteiger partial charge in [-0.05, 0) is 43.3 Å². The Morgan fingerprint density at radius 2 is 1.81 bits per heavy atom. The predicted molar refractivity (Wildman–Crippen MR) is 110 cm³/mol. The summed E-state index contributed by atoms with van der Waals surface area (Å²) in [6, 6.07) is 12.7. The number of rotatable bonds is 5. The van der Waals surface area contributed by atoms with Gasteiger partial charge < -0.3 is 4.42 Å². The van der Waals surface area contributed by atoms with Crippen molar-refractivity contribution in [2.45, 2.75) is 13.5 Å². The Labute approximate surface area is 180 Å². The first-order chi connectivity index (χ1) is 15.3. The maximum Gasteiger partial charge on any atom is 0.283 e. The van der Waals surface area contributed by atoms with E-state index in [4.69, 9.17) is 4.42 Å². The van der Waals surface area contributed by atoms with Crippen LogP contribution in [0.25, 0.3) is 5.69 Å². The maximum atomic E-state index is 14.5. The molecule has 9 heteroatoms. The van der Waals surface area contributed by atoms with Crippen molar-refractivity contribution < 1.29 is 22.4 Å². The number of benzene rings is 2. The van der Waals surface area contributed by atoms with Gasteiger partial charge in [-0.15, -0.1) is 0 Å². The third-order valence-electron chi connectivity index (χ3n) is 4.73. The lowest BCUT2D eigenvalue weighted by Crippen LogP contribution is -2.36. The Hall–Kier alpha value is -4.14. The molecule has 0 N–H and O–H groups in total. The van der Waals surface area contributed by atoms with Gasteiger partial charge in [-0.2, -0.15) is 5.10 Å². The summed E-state index contributed by atoms with van der Waals surface area (Å²) in [4.78, 5) is 26.9. The Kier molecular flexibility index (Phi) is 5.63. The first kappa shape index (κ1) is 21.1. The molecule has 4 aromatic rings. The largest absolute Gasteiger partial charge is 0.467 e. The highest BCUT2D eigenvalue weighted by molar-refractivity contribution is 6.04. The van der Waals surface area contributed by atoms with E-state index in [-0.39, 0.29) is 17.9 Å². The van der Waals surface area contributed by atoms with Gasteiger partial charge in [0.2, 0.25) is 5.43 Å². The van der Waals surface area contributed by atoms with E-state index >= 15 is 0 Å². The van der Waals surface area contributed by atoms with Crippen LogP contribution in [0.2, 0.25) is 0 Å². The number of carbonyl (C=O) groups excluding carboxylic acids is 1. The number of carbonyl (C=O) groups is 1. The van der Waals surface area contributed by atoms with E-state index < -0.39 is 34.5 Å². The standard InChI is InChI=1S/C23H16F3N3O3/c1-14-11-21(30)22(27-29(14)20-7-3-2-6-17(20)25)23(31)28(13-16-5-4-10-32-16)19-9-8-15(24)12-18(19)26/h2-12H,13H2,1H3. The van der Waals surface area contributed by atoms with E-state index in [0.717, 1.165) is 27.8 Å². The van der Waals surface area contributed by atoms with Crippen molar-refractivity contribution >= 4 is 11.6 Å². The Bertz CT molecular complexity index is 1350. The normalized spacial score (nSPS) is 10.9. The van der Waals surface area contributed by atoms with Crippen molar-refractivity contribution in [2.24, 2.45) is 0 Å². The molecule has 0 unspecified atom stereocenters.